The molecule has 1 heterocycles. The molecule has 0 spiro atoms. The van der Waals surface area contributed by atoms with Gasteiger partial charge >= 0.3 is 5.97 Å². The molecule has 0 radical (unpaired) electrons. The smallest absolute Gasteiger partial charge is 0.307 e. The second-order valence-corrected chi connectivity index (χ2v) is 6.32. The summed E-state index contributed by atoms with van der Waals surface area (Å²) in [5.74, 6) is -2.18. The van der Waals surface area contributed by atoms with E-state index < -0.39 is 30.1 Å². The number of aliphatic carboxylic acids is 1. The van der Waals surface area contributed by atoms with Crippen molar-refractivity contribution in [2.24, 2.45) is 0 Å². The molecule has 0 saturated carbocycles. The number of rotatable bonds is 4. The average molecular weight is 388 g/mol. The molecule has 0 aromatic heterocycles. The fourth-order valence-electron chi connectivity index (χ4n) is 2.85. The van der Waals surface area contributed by atoms with E-state index >= 15 is 0 Å². The van der Waals surface area contributed by atoms with Crippen LogP contribution in [0, 0.1) is 0 Å². The number of nitrogens with zero attached hydrogens (tertiary/aromatic N) is 1. The second kappa shape index (κ2) is 6.49. The van der Waals surface area contributed by atoms with E-state index in [9.17, 15) is 14.7 Å². The Labute approximate surface area is 147 Å². The molecule has 3 rings (SSSR count). The highest BCUT2D eigenvalue weighted by molar-refractivity contribution is 9.10. The lowest BCUT2D eigenvalue weighted by Crippen LogP contribution is -2.30. The first kappa shape index (κ1) is 16.3. The maximum atomic E-state index is 12.6. The number of aliphatic hydroxyl groups is 1. The molecule has 5 nitrogen and oxygen atoms in total. The number of anilines is 1. The zero-order chi connectivity index (χ0) is 17.3. The predicted octanol–water partition coefficient (Wildman–Crippen LogP) is 3.82. The summed E-state index contributed by atoms with van der Waals surface area (Å²) in [5, 5.41) is 19.4. The number of carboxylic acids is 1. The zero-order valence-corrected chi connectivity index (χ0v) is 14.1. The molecule has 1 unspecified atom stereocenters. The number of aliphatic hydroxyl groups excluding tert-OH is 1. The van der Waals surface area contributed by atoms with Gasteiger partial charge in [0.05, 0.1) is 12.5 Å². The predicted molar refractivity (Wildman–Crippen MR) is 92.7 cm³/mol. The van der Waals surface area contributed by atoms with Crippen LogP contribution < -0.4 is 4.90 Å². The van der Waals surface area contributed by atoms with Gasteiger partial charge in [-0.25, -0.2) is 0 Å². The number of hydrogen-bond acceptors (Lipinski definition) is 3. The van der Waals surface area contributed by atoms with Crippen molar-refractivity contribution in [2.45, 2.75) is 12.5 Å². The van der Waals surface area contributed by atoms with Gasteiger partial charge in [0.25, 0.3) is 5.91 Å². The number of hydrogen-bond donors (Lipinski definition) is 2. The van der Waals surface area contributed by atoms with E-state index in [1.807, 2.05) is 18.2 Å². The SMILES string of the molecule is O=C(O)CC1=C(O)C(=O)N(c2ccccc2)C1c1ccc(Br)cc1. The molecular weight excluding hydrogens is 374 g/mol. The summed E-state index contributed by atoms with van der Waals surface area (Å²) in [6.07, 6.45) is -0.401. The number of carboxylic acid groups (broad SMARTS) is 1. The van der Waals surface area contributed by atoms with Crippen LogP contribution >= 0.6 is 15.9 Å². The molecule has 1 amide bonds. The van der Waals surface area contributed by atoms with E-state index in [2.05, 4.69) is 15.9 Å². The normalized spacial score (nSPS) is 17.5. The highest BCUT2D eigenvalue weighted by Gasteiger charge is 2.41. The molecule has 6 heteroatoms. The molecule has 1 aliphatic heterocycles. The second-order valence-electron chi connectivity index (χ2n) is 5.41. The van der Waals surface area contributed by atoms with Crippen LogP contribution in [-0.2, 0) is 9.59 Å². The Morgan fingerprint density at radius 2 is 1.71 bits per heavy atom. The summed E-state index contributed by atoms with van der Waals surface area (Å²) < 4.78 is 0.870. The van der Waals surface area contributed by atoms with E-state index in [4.69, 9.17) is 5.11 Å². The Morgan fingerprint density at radius 3 is 2.29 bits per heavy atom. The number of amides is 1. The van der Waals surface area contributed by atoms with Gasteiger partial charge in [0.1, 0.15) is 0 Å². The molecule has 1 aliphatic rings. The standard InChI is InChI=1S/C18H14BrNO4/c19-12-8-6-11(7-9-12)16-14(10-15(21)22)17(23)18(24)20(16)13-4-2-1-3-5-13/h1-9,16,23H,10H2,(H,21,22). The average Bonchev–Trinajstić information content (AvgIpc) is 2.81. The van der Waals surface area contributed by atoms with Crippen molar-refractivity contribution >= 4 is 33.5 Å². The lowest BCUT2D eigenvalue weighted by atomic mass is 9.96. The first-order valence-corrected chi connectivity index (χ1v) is 8.06. The lowest BCUT2D eigenvalue weighted by Gasteiger charge is -2.27. The van der Waals surface area contributed by atoms with Crippen LogP contribution in [0.4, 0.5) is 5.69 Å². The van der Waals surface area contributed by atoms with Crippen molar-refractivity contribution in [2.75, 3.05) is 4.90 Å². The third-order valence-corrected chi connectivity index (χ3v) is 4.40. The summed E-state index contributed by atoms with van der Waals surface area (Å²) in [6.45, 7) is 0. The number of halogens is 1. The van der Waals surface area contributed by atoms with E-state index in [1.54, 1.807) is 36.4 Å². The van der Waals surface area contributed by atoms with Crippen LogP contribution in [0.1, 0.15) is 18.0 Å². The van der Waals surface area contributed by atoms with Crippen LogP contribution in [0.15, 0.2) is 70.4 Å². The van der Waals surface area contributed by atoms with Gasteiger partial charge in [-0.2, -0.15) is 0 Å². The van der Waals surface area contributed by atoms with Gasteiger partial charge in [-0.15, -0.1) is 0 Å². The van der Waals surface area contributed by atoms with Crippen LogP contribution in [0.3, 0.4) is 0 Å². The van der Waals surface area contributed by atoms with Crippen LogP contribution in [0.5, 0.6) is 0 Å². The molecule has 2 N–H and O–H groups in total. The van der Waals surface area contributed by atoms with E-state index in [1.165, 1.54) is 4.90 Å². The minimum Gasteiger partial charge on any atom is -0.503 e. The van der Waals surface area contributed by atoms with Crippen molar-refractivity contribution < 1.29 is 19.8 Å². The molecule has 0 aliphatic carbocycles. The van der Waals surface area contributed by atoms with Gasteiger partial charge in [0.2, 0.25) is 0 Å². The van der Waals surface area contributed by atoms with Gasteiger partial charge in [-0.3, -0.25) is 14.5 Å². The Kier molecular flexibility index (Phi) is 4.40. The van der Waals surface area contributed by atoms with Crippen molar-refractivity contribution in [3.63, 3.8) is 0 Å². The minimum absolute atomic E-state index is 0.193. The molecule has 2 aromatic rings. The maximum absolute atomic E-state index is 12.6. The molecule has 1 atom stereocenters. The Balaban J connectivity index is 2.13. The zero-order valence-electron chi connectivity index (χ0n) is 12.5. The van der Waals surface area contributed by atoms with Crippen molar-refractivity contribution in [1.82, 2.24) is 0 Å². The third-order valence-electron chi connectivity index (χ3n) is 3.88. The van der Waals surface area contributed by atoms with Crippen molar-refractivity contribution in [3.8, 4) is 0 Å². The maximum Gasteiger partial charge on any atom is 0.307 e. The molecular formula is C18H14BrNO4. The first-order chi connectivity index (χ1) is 11.5. The summed E-state index contributed by atoms with van der Waals surface area (Å²) in [4.78, 5) is 25.2. The van der Waals surface area contributed by atoms with Gasteiger partial charge in [0.15, 0.2) is 5.76 Å². The minimum atomic E-state index is -1.10. The molecule has 0 fully saturated rings. The van der Waals surface area contributed by atoms with Crippen LogP contribution in [0.2, 0.25) is 0 Å². The van der Waals surface area contributed by atoms with E-state index in [0.717, 1.165) is 10.0 Å². The Bertz CT molecular complexity index is 815. The molecule has 2 aromatic carbocycles. The summed E-state index contributed by atoms with van der Waals surface area (Å²) >= 11 is 3.36. The van der Waals surface area contributed by atoms with Gasteiger partial charge in [0, 0.05) is 15.7 Å². The van der Waals surface area contributed by atoms with Crippen LogP contribution in [-0.4, -0.2) is 22.1 Å². The largest absolute Gasteiger partial charge is 0.503 e. The topological polar surface area (TPSA) is 77.8 Å². The fraction of sp³-hybridized carbons (Fsp3) is 0.111. The van der Waals surface area contributed by atoms with Gasteiger partial charge < -0.3 is 10.2 Å². The van der Waals surface area contributed by atoms with E-state index in [-0.39, 0.29) is 5.57 Å². The number of benzene rings is 2. The number of carbonyl (C=O) groups excluding carboxylic acids is 1. The Morgan fingerprint density at radius 1 is 1.08 bits per heavy atom. The lowest BCUT2D eigenvalue weighted by molar-refractivity contribution is -0.136. The fourth-order valence-corrected chi connectivity index (χ4v) is 3.11. The monoisotopic (exact) mass is 387 g/mol. The summed E-state index contributed by atoms with van der Waals surface area (Å²) in [6, 6.07) is 15.5. The number of carbonyl (C=O) groups is 2. The summed E-state index contributed by atoms with van der Waals surface area (Å²) in [5.41, 5.74) is 1.52. The number of para-hydroxylation sites is 1. The Hall–Kier alpha value is -2.60. The molecule has 0 saturated heterocycles. The highest BCUT2D eigenvalue weighted by Crippen LogP contribution is 2.41. The molecule has 0 bridgehead atoms. The first-order valence-electron chi connectivity index (χ1n) is 7.27. The van der Waals surface area contributed by atoms with Crippen molar-refractivity contribution in [3.05, 3.63) is 76.0 Å². The van der Waals surface area contributed by atoms with Crippen molar-refractivity contribution in [1.29, 1.82) is 0 Å². The van der Waals surface area contributed by atoms with Crippen LogP contribution in [0.25, 0.3) is 0 Å². The third kappa shape index (κ3) is 2.92. The van der Waals surface area contributed by atoms with Gasteiger partial charge in [-0.1, -0.05) is 46.3 Å². The molecule has 24 heavy (non-hydrogen) atoms. The molecule has 122 valence electrons. The summed E-state index contributed by atoms with van der Waals surface area (Å²) in [7, 11) is 0. The highest BCUT2D eigenvalue weighted by atomic mass is 79.9. The quantitative estimate of drug-likeness (QED) is 0.835. The van der Waals surface area contributed by atoms with E-state index in [0.29, 0.717) is 5.69 Å². The van der Waals surface area contributed by atoms with Gasteiger partial charge in [-0.05, 0) is 29.8 Å².